The van der Waals surface area contributed by atoms with Gasteiger partial charge in [0.15, 0.2) is 0 Å². The summed E-state index contributed by atoms with van der Waals surface area (Å²) in [6, 6.07) is 4.21. The summed E-state index contributed by atoms with van der Waals surface area (Å²) in [5.74, 6) is 0. The Morgan fingerprint density at radius 1 is 1.67 bits per heavy atom. The molecule has 1 aromatic heterocycles. The Hall–Kier alpha value is -0.300. The normalized spacial score (nSPS) is 8.83. The highest BCUT2D eigenvalue weighted by molar-refractivity contribution is 7.09. The van der Waals surface area contributed by atoms with E-state index in [2.05, 4.69) is 24.4 Å². The minimum absolute atomic E-state index is 1.37. The van der Waals surface area contributed by atoms with Crippen molar-refractivity contribution in [1.29, 1.82) is 0 Å². The molecule has 0 aliphatic heterocycles. The maximum atomic E-state index is 2.13. The molecule has 0 saturated carbocycles. The van der Waals surface area contributed by atoms with Gasteiger partial charge in [0.25, 0.3) is 0 Å². The van der Waals surface area contributed by atoms with E-state index >= 15 is 0 Å². The van der Waals surface area contributed by atoms with Crippen LogP contribution < -0.4 is 0 Å². The molecule has 0 atom stereocenters. The van der Waals surface area contributed by atoms with Crippen molar-refractivity contribution in [3.8, 4) is 0 Å². The molecule has 1 heterocycles. The molecular weight excluding hydrogens is 92.1 g/mol. The van der Waals surface area contributed by atoms with Crippen LogP contribution in [0.3, 0.4) is 0 Å². The molecule has 0 radical (unpaired) electrons. The van der Waals surface area contributed by atoms with Crippen LogP contribution in [-0.2, 0) is 0 Å². The van der Waals surface area contributed by atoms with E-state index in [9.17, 15) is 0 Å². The van der Waals surface area contributed by atoms with E-state index in [4.69, 9.17) is 0 Å². The molecule has 0 amide bonds. The van der Waals surface area contributed by atoms with Crippen LogP contribution in [0.15, 0.2) is 17.5 Å². The van der Waals surface area contributed by atoms with Crippen LogP contribution >= 0.6 is 11.3 Å². The summed E-state index contributed by atoms with van der Waals surface area (Å²) in [4.78, 5) is 1.44. The van der Waals surface area contributed by atoms with Gasteiger partial charge in [-0.1, -0.05) is 0 Å². The molecule has 1 aromatic rings. The molecule has 0 spiro atoms. The minimum Gasteiger partial charge on any atom is -0.0350 e. The molecule has 0 unspecified atom stereocenters. The van der Waals surface area contributed by atoms with Crippen LogP contribution in [0.4, 0.5) is 0 Å². The van der Waals surface area contributed by atoms with Crippen LogP contribution in [0.25, 0.3) is 0 Å². The highest BCUT2D eigenvalue weighted by Gasteiger charge is 1.84. The van der Waals surface area contributed by atoms with Gasteiger partial charge in [0.05, 0.1) is 0 Å². The minimum atomic E-state index is 1.37. The Balaban J connectivity index is 3.05. The smallest absolute Gasteiger partial charge is 0.0350 e. The summed E-state index contributed by atoms with van der Waals surface area (Å²) in [6.45, 7) is 2.13. The molecule has 1 heteroatoms. The van der Waals surface area contributed by atoms with Gasteiger partial charge in [-0.3, -0.25) is 0 Å². The van der Waals surface area contributed by atoms with E-state index in [-0.39, 0.29) is 0 Å². The summed E-state index contributed by atoms with van der Waals surface area (Å²) in [7, 11) is 0. The van der Waals surface area contributed by atoms with Gasteiger partial charge >= 0.3 is 0 Å². The molecule has 0 aliphatic carbocycles. The van der Waals surface area contributed by atoms with Crippen molar-refractivity contribution in [2.45, 2.75) is 6.92 Å². The molecule has 1 rings (SSSR count). The highest BCUT2D eigenvalue weighted by Crippen LogP contribution is 2.03. The fraction of sp³-hybridized carbons (Fsp3) is 0.200. The molecule has 32 valence electrons. The Morgan fingerprint density at radius 2 is 2.50 bits per heavy atom. The molecule has 0 aromatic carbocycles. The predicted octanol–water partition coefficient (Wildman–Crippen LogP) is 1.79. The fourth-order valence-corrected chi connectivity index (χ4v) is 0.965. The first kappa shape index (κ1) is 3.88. The maximum absolute atomic E-state index is 2.13. The number of hydrogen-bond acceptors (Lipinski definition) is 0. The van der Waals surface area contributed by atoms with Gasteiger partial charge in [-0.05, 0) is 23.5 Å². The SMILES string of the molecule is Cc1ccc[sH+]1. The number of hydrogen-bond donors (Lipinski definition) is 0. The summed E-state index contributed by atoms with van der Waals surface area (Å²) in [5.41, 5.74) is 0. The topological polar surface area (TPSA) is 0 Å². The third-order valence-electron chi connectivity index (χ3n) is 0.702. The average molecular weight is 99.2 g/mol. The second kappa shape index (κ2) is 1.43. The van der Waals surface area contributed by atoms with Crippen molar-refractivity contribution < 1.29 is 0 Å². The average Bonchev–Trinajstić information content (AvgIpc) is 1.86. The first-order chi connectivity index (χ1) is 2.89. The van der Waals surface area contributed by atoms with Gasteiger partial charge in [0.2, 0.25) is 0 Å². The zero-order valence-corrected chi connectivity index (χ0v) is 4.57. The molecule has 0 aliphatic rings. The summed E-state index contributed by atoms with van der Waals surface area (Å²) < 4.78 is 0. The largest absolute Gasteiger partial charge is 0.144 e. The molecule has 0 nitrogen and oxygen atoms in total. The fourth-order valence-electron chi connectivity index (χ4n) is 0.386. The lowest BCUT2D eigenvalue weighted by Crippen LogP contribution is -1.42. The molecule has 0 saturated heterocycles. The van der Waals surface area contributed by atoms with Crippen molar-refractivity contribution in [3.63, 3.8) is 0 Å². The predicted molar refractivity (Wildman–Crippen MR) is 30.5 cm³/mol. The zero-order chi connectivity index (χ0) is 4.41. The van der Waals surface area contributed by atoms with E-state index in [1.807, 2.05) is 0 Å². The Labute approximate surface area is 41.4 Å². The lowest BCUT2D eigenvalue weighted by atomic mass is 10.5. The maximum Gasteiger partial charge on any atom is 0.144 e. The van der Waals surface area contributed by atoms with Crippen molar-refractivity contribution in [3.05, 3.63) is 22.4 Å². The molecular formula is C5H7S+. The lowest BCUT2D eigenvalue weighted by Gasteiger charge is -1.55. The van der Waals surface area contributed by atoms with Crippen molar-refractivity contribution in [1.82, 2.24) is 0 Å². The summed E-state index contributed by atoms with van der Waals surface area (Å²) in [6.07, 6.45) is 0. The van der Waals surface area contributed by atoms with Crippen LogP contribution in [-0.4, -0.2) is 0 Å². The van der Waals surface area contributed by atoms with Gasteiger partial charge in [-0.15, -0.1) is 0 Å². The van der Waals surface area contributed by atoms with Crippen LogP contribution in [0.5, 0.6) is 0 Å². The summed E-state index contributed by atoms with van der Waals surface area (Å²) >= 11 is 1.37. The summed E-state index contributed by atoms with van der Waals surface area (Å²) in [5, 5.41) is 2.13. The van der Waals surface area contributed by atoms with Gasteiger partial charge in [-0.2, -0.15) is 0 Å². The van der Waals surface area contributed by atoms with Crippen molar-refractivity contribution in [2.75, 3.05) is 0 Å². The van der Waals surface area contributed by atoms with Crippen molar-refractivity contribution >= 4 is 11.3 Å². The van der Waals surface area contributed by atoms with Crippen LogP contribution in [0.2, 0.25) is 0 Å². The van der Waals surface area contributed by atoms with Crippen LogP contribution in [0, 0.1) is 6.92 Å². The first-order valence-electron chi connectivity index (χ1n) is 1.94. The molecule has 0 fully saturated rings. The molecule has 0 N–H and O–H groups in total. The number of aryl methyl sites for hydroxylation is 1. The quantitative estimate of drug-likeness (QED) is 0.435. The Kier molecular flexibility index (Phi) is 0.926. The molecule has 6 heavy (non-hydrogen) atoms. The lowest BCUT2D eigenvalue weighted by molar-refractivity contribution is 1.64. The number of rotatable bonds is 0. The highest BCUT2D eigenvalue weighted by atomic mass is 32.1. The third kappa shape index (κ3) is 0.601. The first-order valence-corrected chi connectivity index (χ1v) is 2.90. The molecule has 0 bridgehead atoms. The van der Waals surface area contributed by atoms with E-state index < -0.39 is 0 Å². The van der Waals surface area contributed by atoms with E-state index in [1.165, 1.54) is 16.2 Å². The van der Waals surface area contributed by atoms with Gasteiger partial charge in [-0.25, -0.2) is 0 Å². The van der Waals surface area contributed by atoms with Gasteiger partial charge in [0, 0.05) is 6.92 Å². The van der Waals surface area contributed by atoms with E-state index in [1.54, 1.807) is 0 Å². The monoisotopic (exact) mass is 99.0 g/mol. The van der Waals surface area contributed by atoms with Gasteiger partial charge < -0.3 is 0 Å². The third-order valence-corrected chi connectivity index (χ3v) is 1.58. The van der Waals surface area contributed by atoms with E-state index in [0.717, 1.165) is 0 Å². The second-order valence-electron chi connectivity index (χ2n) is 1.28. The second-order valence-corrected chi connectivity index (χ2v) is 2.54. The van der Waals surface area contributed by atoms with Crippen molar-refractivity contribution in [2.24, 2.45) is 0 Å². The van der Waals surface area contributed by atoms with E-state index in [0.29, 0.717) is 0 Å². The Bertz CT molecular complexity index is 107. The zero-order valence-electron chi connectivity index (χ0n) is 3.68. The Morgan fingerprint density at radius 3 is 2.67 bits per heavy atom. The van der Waals surface area contributed by atoms with Gasteiger partial charge in [0.1, 0.15) is 10.3 Å². The van der Waals surface area contributed by atoms with Crippen LogP contribution in [0.1, 0.15) is 4.88 Å². The standard InChI is InChI=1S/C5H6S/c1-5-3-2-4-6-5/h2-4H,1H3/p+1. The number of thiophene rings is 1.